The summed E-state index contributed by atoms with van der Waals surface area (Å²) < 4.78 is 17.1. The fraction of sp³-hybridized carbons (Fsp3) is 0.581. The molecule has 0 aliphatic carbocycles. The molecule has 0 heterocycles. The molecule has 0 amide bonds. The van der Waals surface area contributed by atoms with Gasteiger partial charge in [-0.05, 0) is 61.4 Å². The molecule has 2 aromatic carbocycles. The van der Waals surface area contributed by atoms with E-state index in [9.17, 15) is 4.79 Å². The quantitative estimate of drug-likeness (QED) is 0.107. The molecule has 0 atom stereocenters. The molecule has 0 aliphatic heterocycles. The maximum atomic E-state index is 12.5. The van der Waals surface area contributed by atoms with Gasteiger partial charge in [0, 0.05) is 0 Å². The summed E-state index contributed by atoms with van der Waals surface area (Å²) in [6.45, 7) is 5.91. The van der Waals surface area contributed by atoms with E-state index in [4.69, 9.17) is 14.2 Å². The predicted octanol–water partition coefficient (Wildman–Crippen LogP) is 9.16. The van der Waals surface area contributed by atoms with Gasteiger partial charge in [0.2, 0.25) is 0 Å². The fourth-order valence-electron chi connectivity index (χ4n) is 3.96. The first-order valence-corrected chi connectivity index (χ1v) is 13.9. The standard InChI is InChI=1S/C31H46O4/c1-3-5-7-9-11-12-14-16-26-34-29-21-23-30(24-22-29)35-31(32)27-17-19-28(20-18-27)33-25-15-13-10-8-6-4-2/h17-24H,3-16,25-26H2,1-2H3. The topological polar surface area (TPSA) is 44.8 Å². The van der Waals surface area contributed by atoms with Crippen LogP contribution in [0.1, 0.15) is 114 Å². The summed E-state index contributed by atoms with van der Waals surface area (Å²) in [5, 5.41) is 0. The summed E-state index contributed by atoms with van der Waals surface area (Å²) in [6.07, 6.45) is 17.7. The number of unbranched alkanes of at least 4 members (excludes halogenated alkanes) is 12. The second kappa shape index (κ2) is 18.8. The van der Waals surface area contributed by atoms with Gasteiger partial charge in [-0.15, -0.1) is 0 Å². The normalized spacial score (nSPS) is 10.8. The highest BCUT2D eigenvalue weighted by molar-refractivity contribution is 5.91. The van der Waals surface area contributed by atoms with Crippen LogP contribution in [0, 0.1) is 0 Å². The third kappa shape index (κ3) is 13.2. The van der Waals surface area contributed by atoms with E-state index < -0.39 is 0 Å². The second-order valence-corrected chi connectivity index (χ2v) is 9.32. The molecule has 0 spiro atoms. The molecular weight excluding hydrogens is 436 g/mol. The SMILES string of the molecule is CCCCCCCCCCOc1ccc(OC(=O)c2ccc(OCCCCCCCC)cc2)cc1. The first-order valence-electron chi connectivity index (χ1n) is 13.9. The van der Waals surface area contributed by atoms with Gasteiger partial charge in [-0.25, -0.2) is 4.79 Å². The molecule has 0 bridgehead atoms. The molecule has 35 heavy (non-hydrogen) atoms. The zero-order chi connectivity index (χ0) is 25.0. The molecular formula is C31H46O4. The van der Waals surface area contributed by atoms with Crippen molar-refractivity contribution in [3.8, 4) is 17.2 Å². The van der Waals surface area contributed by atoms with Crippen LogP contribution < -0.4 is 14.2 Å². The van der Waals surface area contributed by atoms with Crippen LogP contribution in [-0.4, -0.2) is 19.2 Å². The summed E-state index contributed by atoms with van der Waals surface area (Å²) in [5.74, 6) is 1.73. The van der Waals surface area contributed by atoms with Gasteiger partial charge in [0.1, 0.15) is 17.2 Å². The number of hydrogen-bond acceptors (Lipinski definition) is 4. The first kappa shape index (κ1) is 28.7. The average molecular weight is 483 g/mol. The van der Waals surface area contributed by atoms with E-state index in [0.717, 1.165) is 30.9 Å². The molecule has 0 saturated heterocycles. The minimum absolute atomic E-state index is 0.375. The lowest BCUT2D eigenvalue weighted by Crippen LogP contribution is -2.08. The van der Waals surface area contributed by atoms with Crippen LogP contribution in [0.3, 0.4) is 0 Å². The number of esters is 1. The minimum atomic E-state index is -0.375. The van der Waals surface area contributed by atoms with Crippen molar-refractivity contribution < 1.29 is 19.0 Å². The van der Waals surface area contributed by atoms with Gasteiger partial charge in [-0.2, -0.15) is 0 Å². The molecule has 0 N–H and O–H groups in total. The van der Waals surface area contributed by atoms with Gasteiger partial charge < -0.3 is 14.2 Å². The highest BCUT2D eigenvalue weighted by atomic mass is 16.5. The number of carbonyl (C=O) groups is 1. The van der Waals surface area contributed by atoms with E-state index in [-0.39, 0.29) is 5.97 Å². The van der Waals surface area contributed by atoms with Crippen molar-refractivity contribution >= 4 is 5.97 Å². The van der Waals surface area contributed by atoms with Crippen LogP contribution in [0.25, 0.3) is 0 Å². The summed E-state index contributed by atoms with van der Waals surface area (Å²) in [4.78, 5) is 12.5. The van der Waals surface area contributed by atoms with Crippen LogP contribution in [0.5, 0.6) is 17.2 Å². The van der Waals surface area contributed by atoms with Crippen LogP contribution in [0.15, 0.2) is 48.5 Å². The molecule has 0 fully saturated rings. The third-order valence-electron chi connectivity index (χ3n) is 6.16. The van der Waals surface area contributed by atoms with Crippen molar-refractivity contribution in [2.24, 2.45) is 0 Å². The molecule has 0 unspecified atom stereocenters. The predicted molar refractivity (Wildman–Crippen MR) is 145 cm³/mol. The molecule has 0 saturated carbocycles. The van der Waals surface area contributed by atoms with Crippen LogP contribution in [0.4, 0.5) is 0 Å². The Kier molecular flexibility index (Phi) is 15.4. The Balaban J connectivity index is 1.61. The smallest absolute Gasteiger partial charge is 0.343 e. The van der Waals surface area contributed by atoms with Gasteiger partial charge in [0.15, 0.2) is 0 Å². The van der Waals surface area contributed by atoms with Crippen molar-refractivity contribution in [1.82, 2.24) is 0 Å². The van der Waals surface area contributed by atoms with E-state index in [0.29, 0.717) is 17.9 Å². The van der Waals surface area contributed by atoms with Crippen molar-refractivity contribution in [2.75, 3.05) is 13.2 Å². The molecule has 4 nitrogen and oxygen atoms in total. The molecule has 0 aromatic heterocycles. The Morgan fingerprint density at radius 2 is 0.886 bits per heavy atom. The van der Waals surface area contributed by atoms with Crippen LogP contribution >= 0.6 is 0 Å². The Hall–Kier alpha value is -2.49. The first-order chi connectivity index (χ1) is 17.2. The summed E-state index contributed by atoms with van der Waals surface area (Å²) in [7, 11) is 0. The van der Waals surface area contributed by atoms with E-state index in [2.05, 4.69) is 13.8 Å². The fourth-order valence-corrected chi connectivity index (χ4v) is 3.96. The Bertz CT molecular complexity index is 783. The summed E-state index contributed by atoms with van der Waals surface area (Å²) in [5.41, 5.74) is 0.506. The van der Waals surface area contributed by atoms with Crippen molar-refractivity contribution in [1.29, 1.82) is 0 Å². The Morgan fingerprint density at radius 3 is 1.34 bits per heavy atom. The van der Waals surface area contributed by atoms with Gasteiger partial charge in [0.25, 0.3) is 0 Å². The van der Waals surface area contributed by atoms with E-state index in [1.165, 1.54) is 77.0 Å². The van der Waals surface area contributed by atoms with Crippen LogP contribution in [-0.2, 0) is 0 Å². The zero-order valence-electron chi connectivity index (χ0n) is 22.1. The van der Waals surface area contributed by atoms with Crippen LogP contribution in [0.2, 0.25) is 0 Å². The molecule has 2 aromatic rings. The highest BCUT2D eigenvalue weighted by Crippen LogP contribution is 2.20. The van der Waals surface area contributed by atoms with E-state index in [1.807, 2.05) is 24.3 Å². The van der Waals surface area contributed by atoms with Gasteiger partial charge in [-0.3, -0.25) is 0 Å². The number of carbonyl (C=O) groups excluding carboxylic acids is 1. The number of hydrogen-bond donors (Lipinski definition) is 0. The van der Waals surface area contributed by atoms with Crippen molar-refractivity contribution in [3.05, 3.63) is 54.1 Å². The van der Waals surface area contributed by atoms with Gasteiger partial charge in [0.05, 0.1) is 18.8 Å². The maximum absolute atomic E-state index is 12.5. The minimum Gasteiger partial charge on any atom is -0.494 e. The van der Waals surface area contributed by atoms with Gasteiger partial charge >= 0.3 is 5.97 Å². The van der Waals surface area contributed by atoms with E-state index in [1.54, 1.807) is 24.3 Å². The van der Waals surface area contributed by atoms with Crippen molar-refractivity contribution in [3.63, 3.8) is 0 Å². The monoisotopic (exact) mass is 482 g/mol. The molecule has 0 radical (unpaired) electrons. The molecule has 0 aliphatic rings. The van der Waals surface area contributed by atoms with Gasteiger partial charge in [-0.1, -0.05) is 90.9 Å². The lowest BCUT2D eigenvalue weighted by Gasteiger charge is -2.09. The number of benzene rings is 2. The molecule has 194 valence electrons. The lowest BCUT2D eigenvalue weighted by molar-refractivity contribution is 0.0734. The number of rotatable bonds is 20. The summed E-state index contributed by atoms with van der Waals surface area (Å²) in [6, 6.07) is 14.4. The number of ether oxygens (including phenoxy) is 3. The Morgan fingerprint density at radius 1 is 0.514 bits per heavy atom. The molecule has 2 rings (SSSR count). The Labute approximate surface area is 213 Å². The lowest BCUT2D eigenvalue weighted by atomic mass is 10.1. The van der Waals surface area contributed by atoms with Crippen molar-refractivity contribution in [2.45, 2.75) is 104 Å². The summed E-state index contributed by atoms with van der Waals surface area (Å²) >= 11 is 0. The average Bonchev–Trinajstić information content (AvgIpc) is 2.88. The molecule has 4 heteroatoms. The van der Waals surface area contributed by atoms with E-state index >= 15 is 0 Å². The zero-order valence-corrected chi connectivity index (χ0v) is 22.1. The second-order valence-electron chi connectivity index (χ2n) is 9.32. The highest BCUT2D eigenvalue weighted by Gasteiger charge is 2.09. The third-order valence-corrected chi connectivity index (χ3v) is 6.16. The largest absolute Gasteiger partial charge is 0.494 e. The maximum Gasteiger partial charge on any atom is 0.343 e.